The number of rotatable bonds is 6. The van der Waals surface area contributed by atoms with Crippen molar-refractivity contribution in [2.75, 3.05) is 31.1 Å². The fraction of sp³-hybridized carbons (Fsp3) is 0.148. The van der Waals surface area contributed by atoms with Crippen LogP contribution in [0.4, 0.5) is 25.4 Å². The monoisotopic (exact) mass is 564 g/mol. The van der Waals surface area contributed by atoms with Crippen LogP contribution in [-0.4, -0.2) is 47.6 Å². The number of methoxy groups -OCH3 is 1. The van der Waals surface area contributed by atoms with Crippen molar-refractivity contribution >= 4 is 51.3 Å². The lowest BCUT2D eigenvalue weighted by Crippen LogP contribution is -2.31. The quantitative estimate of drug-likeness (QED) is 0.114. The molecule has 0 saturated carbocycles. The lowest BCUT2D eigenvalue weighted by atomic mass is 9.98. The second-order valence-electron chi connectivity index (χ2n) is 8.31. The number of amidine groups is 1. The van der Waals surface area contributed by atoms with Crippen molar-refractivity contribution in [2.24, 2.45) is 4.99 Å². The van der Waals surface area contributed by atoms with Crippen LogP contribution in [0.1, 0.15) is 11.3 Å². The number of carbonyl (C=O) groups is 2. The van der Waals surface area contributed by atoms with Gasteiger partial charge in [0.05, 0.1) is 29.6 Å². The molecule has 0 aliphatic heterocycles. The number of anilines is 2. The molecule has 13 heteroatoms. The predicted octanol–water partition coefficient (Wildman–Crippen LogP) is 4.48. The number of alkyl carbamates (subject to hydrolysis) is 1. The highest BCUT2D eigenvalue weighted by Gasteiger charge is 2.13. The highest BCUT2D eigenvalue weighted by Crippen LogP contribution is 2.30. The zero-order valence-corrected chi connectivity index (χ0v) is 22.3. The normalized spacial score (nSPS) is 11.2. The second kappa shape index (κ2) is 12.8. The number of nitrogens with one attached hydrogen (secondary N) is 3. The molecule has 0 bridgehead atoms. The largest absolute Gasteiger partial charge is 0.451 e. The molecule has 0 atom stereocenters. The van der Waals surface area contributed by atoms with Gasteiger partial charge in [-0.3, -0.25) is 10.1 Å². The van der Waals surface area contributed by atoms with E-state index in [0.29, 0.717) is 40.0 Å². The van der Waals surface area contributed by atoms with E-state index in [0.717, 1.165) is 22.7 Å². The molecule has 4 aromatic rings. The molecule has 4 rings (SSSR count). The van der Waals surface area contributed by atoms with E-state index < -0.39 is 18.0 Å². The molecule has 0 aliphatic rings. The Morgan fingerprint density at radius 3 is 2.62 bits per heavy atom. The number of thioether (sulfide) groups is 1. The first-order valence-electron chi connectivity index (χ1n) is 11.8. The first kappa shape index (κ1) is 28.1. The molecule has 0 spiro atoms. The number of amides is 2. The first-order valence-corrected chi connectivity index (χ1v) is 13.0. The van der Waals surface area contributed by atoms with Crippen molar-refractivity contribution in [3.8, 4) is 11.1 Å². The number of nitrogen functional groups attached to an aromatic ring is 1. The predicted molar refractivity (Wildman–Crippen MR) is 153 cm³/mol. The smallest absolute Gasteiger partial charge is 0.435 e. The molecular formula is C27H25FN6O5S. The number of ether oxygens (including phenoxy) is 2. The standard InChI is InChI=1S/C27H25FN6O5S/c1-38-26(36)31-25(40-2)32-27(37)39-14-30-22-10-8-16(13-21(22)29)19-11-15(7-9-20(19)28)12-23-17-5-3-4-6-18(17)24(35)34-33-23/h3-11,13,30H,12,14,29H2,1-2H3,(H,34,35)(H,31,32,36,37). The number of carbonyl (C=O) groups excluding carboxylic acids is 2. The van der Waals surface area contributed by atoms with Crippen LogP contribution in [0.5, 0.6) is 0 Å². The third kappa shape index (κ3) is 6.74. The van der Waals surface area contributed by atoms with E-state index in [4.69, 9.17) is 10.5 Å². The summed E-state index contributed by atoms with van der Waals surface area (Å²) in [5.74, 6) is -0.429. The number of hydrogen-bond donors (Lipinski definition) is 4. The van der Waals surface area contributed by atoms with Gasteiger partial charge in [-0.25, -0.2) is 19.1 Å². The van der Waals surface area contributed by atoms with E-state index in [1.807, 2.05) is 12.1 Å². The fourth-order valence-corrected chi connectivity index (χ4v) is 4.20. The van der Waals surface area contributed by atoms with Gasteiger partial charge in [0.25, 0.3) is 5.56 Å². The van der Waals surface area contributed by atoms with Gasteiger partial charge in [-0.2, -0.15) is 10.1 Å². The van der Waals surface area contributed by atoms with Crippen molar-refractivity contribution in [3.63, 3.8) is 0 Å². The summed E-state index contributed by atoms with van der Waals surface area (Å²) in [6, 6.07) is 16.9. The number of aromatic amines is 1. The number of aliphatic imine (C=N–C) groups is 1. The molecule has 40 heavy (non-hydrogen) atoms. The lowest BCUT2D eigenvalue weighted by Gasteiger charge is -2.13. The van der Waals surface area contributed by atoms with Gasteiger partial charge in [0.1, 0.15) is 5.82 Å². The molecule has 3 aromatic carbocycles. The van der Waals surface area contributed by atoms with Gasteiger partial charge in [-0.05, 0) is 47.7 Å². The molecule has 11 nitrogen and oxygen atoms in total. The molecule has 0 fully saturated rings. The van der Waals surface area contributed by atoms with Crippen LogP contribution in [0.3, 0.4) is 0 Å². The van der Waals surface area contributed by atoms with Crippen LogP contribution in [-0.2, 0) is 15.9 Å². The average molecular weight is 565 g/mol. The van der Waals surface area contributed by atoms with E-state index in [-0.39, 0.29) is 17.5 Å². The Kier molecular flexibility index (Phi) is 8.96. The van der Waals surface area contributed by atoms with Crippen molar-refractivity contribution in [1.82, 2.24) is 15.5 Å². The maximum absolute atomic E-state index is 14.8. The summed E-state index contributed by atoms with van der Waals surface area (Å²) in [5, 5.41) is 13.2. The summed E-state index contributed by atoms with van der Waals surface area (Å²) in [7, 11) is 1.17. The van der Waals surface area contributed by atoms with E-state index in [1.165, 1.54) is 13.2 Å². The number of aromatic nitrogens is 2. The molecule has 5 N–H and O–H groups in total. The third-order valence-corrected chi connectivity index (χ3v) is 6.36. The maximum Gasteiger partial charge on any atom is 0.435 e. The molecule has 0 aliphatic carbocycles. The first-order chi connectivity index (χ1) is 19.3. The summed E-state index contributed by atoms with van der Waals surface area (Å²) in [4.78, 5) is 38.8. The molecule has 0 saturated heterocycles. The fourth-order valence-electron chi connectivity index (χ4n) is 3.85. The van der Waals surface area contributed by atoms with Gasteiger partial charge in [-0.15, -0.1) is 0 Å². The SMILES string of the molecule is COC(=O)N=C(NC(=O)OCNc1ccc(-c2cc(Cc3n[nH]c(=O)c4ccccc34)ccc2F)cc1N)SC. The Morgan fingerprint density at radius 1 is 1.12 bits per heavy atom. The number of fused-ring (bicyclic) bond motifs is 1. The van der Waals surface area contributed by atoms with Crippen molar-refractivity contribution < 1.29 is 23.5 Å². The van der Waals surface area contributed by atoms with Crippen molar-refractivity contribution in [3.05, 3.63) is 88.1 Å². The Labute approximate surface area is 232 Å². The van der Waals surface area contributed by atoms with Crippen molar-refractivity contribution in [1.29, 1.82) is 0 Å². The Hall–Kier alpha value is -4.91. The van der Waals surface area contributed by atoms with Crippen LogP contribution >= 0.6 is 11.8 Å². The minimum absolute atomic E-state index is 0.00879. The minimum atomic E-state index is -0.862. The second-order valence-corrected chi connectivity index (χ2v) is 9.10. The minimum Gasteiger partial charge on any atom is -0.451 e. The van der Waals surface area contributed by atoms with Crippen LogP contribution in [0.25, 0.3) is 21.9 Å². The van der Waals surface area contributed by atoms with E-state index in [1.54, 1.807) is 48.7 Å². The summed E-state index contributed by atoms with van der Waals surface area (Å²) in [6.07, 6.45) is 0.285. The maximum atomic E-state index is 14.8. The van der Waals surface area contributed by atoms with Crippen LogP contribution < -0.4 is 21.9 Å². The molecule has 1 heterocycles. The molecule has 0 unspecified atom stereocenters. The zero-order chi connectivity index (χ0) is 28.6. The van der Waals surface area contributed by atoms with E-state index in [2.05, 4.69) is 30.6 Å². The number of hydrogen-bond acceptors (Lipinski definition) is 9. The number of nitrogens with two attached hydrogens (primary N) is 1. The number of halogens is 1. The number of nitrogens with zero attached hydrogens (tertiary/aromatic N) is 2. The van der Waals surface area contributed by atoms with E-state index in [9.17, 15) is 18.8 Å². The molecule has 1 aromatic heterocycles. The van der Waals surface area contributed by atoms with Gasteiger partial charge in [0, 0.05) is 17.4 Å². The van der Waals surface area contributed by atoms with Crippen LogP contribution in [0, 0.1) is 5.82 Å². The topological polar surface area (TPSA) is 161 Å². The van der Waals surface area contributed by atoms with Crippen LogP contribution in [0.15, 0.2) is 70.5 Å². The number of benzene rings is 3. The summed E-state index contributed by atoms with van der Waals surface area (Å²) >= 11 is 1.03. The lowest BCUT2D eigenvalue weighted by molar-refractivity contribution is 0.160. The van der Waals surface area contributed by atoms with E-state index >= 15 is 0 Å². The Morgan fingerprint density at radius 2 is 1.90 bits per heavy atom. The Balaban J connectivity index is 1.45. The average Bonchev–Trinajstić information content (AvgIpc) is 2.96. The van der Waals surface area contributed by atoms with Crippen LogP contribution in [0.2, 0.25) is 0 Å². The van der Waals surface area contributed by atoms with Gasteiger partial charge < -0.3 is 20.5 Å². The molecule has 206 valence electrons. The highest BCUT2D eigenvalue weighted by atomic mass is 32.2. The Bertz CT molecular complexity index is 1660. The highest BCUT2D eigenvalue weighted by molar-refractivity contribution is 8.13. The van der Waals surface area contributed by atoms with Crippen molar-refractivity contribution in [2.45, 2.75) is 6.42 Å². The number of H-pyrrole nitrogens is 1. The summed E-state index contributed by atoms with van der Waals surface area (Å²) in [5.41, 5.74) is 9.02. The van der Waals surface area contributed by atoms with Gasteiger partial charge >= 0.3 is 12.2 Å². The van der Waals surface area contributed by atoms with Gasteiger partial charge in [0.15, 0.2) is 11.9 Å². The van der Waals surface area contributed by atoms with Gasteiger partial charge in [0.2, 0.25) is 0 Å². The summed E-state index contributed by atoms with van der Waals surface area (Å²) < 4.78 is 24.3. The third-order valence-electron chi connectivity index (χ3n) is 5.78. The molecular weight excluding hydrogens is 539 g/mol. The van der Waals surface area contributed by atoms with Gasteiger partial charge in [-0.1, -0.05) is 42.1 Å². The zero-order valence-electron chi connectivity index (χ0n) is 21.5. The summed E-state index contributed by atoms with van der Waals surface area (Å²) in [6.45, 7) is -0.237. The molecule has 0 radical (unpaired) electrons. The molecule has 2 amide bonds.